The van der Waals surface area contributed by atoms with E-state index in [0.29, 0.717) is 81.6 Å². The molecule has 1 aromatic carbocycles. The lowest BCUT2D eigenvalue weighted by Gasteiger charge is -2.41. The van der Waals surface area contributed by atoms with Crippen LogP contribution in [0.25, 0.3) is 32.7 Å². The minimum absolute atomic E-state index is 0.0373. The van der Waals surface area contributed by atoms with E-state index in [1.165, 1.54) is 17.0 Å². The third kappa shape index (κ3) is 12.3. The second-order valence-corrected chi connectivity index (χ2v) is 23.1. The minimum atomic E-state index is -3.12. The fraction of sp³-hybridized carbons (Fsp3) is 0.556. The van der Waals surface area contributed by atoms with E-state index in [-0.39, 0.29) is 49.5 Å². The van der Waals surface area contributed by atoms with Gasteiger partial charge in [0.15, 0.2) is 0 Å². The lowest BCUT2D eigenvalue weighted by atomic mass is 9.84. The Morgan fingerprint density at radius 1 is 1.09 bits per heavy atom. The van der Waals surface area contributed by atoms with Gasteiger partial charge in [-0.25, -0.2) is 19.2 Å². The Hall–Kier alpha value is -5.66. The SMILES string of the molecule is CO[C@@H](CBr)c1ncccc1-c1c2c3cc(ccc3n1CC(C)(F)F)-c1nc(ns1)C[C@H](NC(=O)C(=C(C)C)N(C)C(=O)[C@H]1CCN(C(=O)C#CC(C)(C)N3CCC3)C1)C(=O)N1CCC[C@H](N1)C(=O)OCC(C)(C)C2. The van der Waals surface area contributed by atoms with Gasteiger partial charge in [-0.3, -0.25) is 38.9 Å². The predicted molar refractivity (Wildman–Crippen MR) is 284 cm³/mol. The first kappa shape index (κ1) is 55.6. The summed E-state index contributed by atoms with van der Waals surface area (Å²) in [6, 6.07) is 6.93. The monoisotopic (exact) mass is 1120 g/mol. The zero-order valence-electron chi connectivity index (χ0n) is 44.2. The molecule has 2 N–H and O–H groups in total. The zero-order chi connectivity index (χ0) is 54.1. The van der Waals surface area contributed by atoms with Gasteiger partial charge < -0.3 is 29.2 Å². The van der Waals surface area contributed by atoms with Crippen LogP contribution in [0.5, 0.6) is 0 Å². The molecule has 75 heavy (non-hydrogen) atoms. The third-order valence-corrected chi connectivity index (χ3v) is 15.8. The van der Waals surface area contributed by atoms with E-state index >= 15 is 8.78 Å². The van der Waals surface area contributed by atoms with Crippen molar-refractivity contribution in [3.05, 3.63) is 64.9 Å². The third-order valence-electron chi connectivity index (χ3n) is 14.4. The van der Waals surface area contributed by atoms with Crippen molar-refractivity contribution in [3.63, 3.8) is 0 Å². The van der Waals surface area contributed by atoms with E-state index < -0.39 is 65.3 Å². The van der Waals surface area contributed by atoms with Gasteiger partial charge in [-0.1, -0.05) is 35.7 Å². The first-order valence-corrected chi connectivity index (χ1v) is 27.4. The summed E-state index contributed by atoms with van der Waals surface area (Å²) in [6.07, 6.45) is 3.56. The van der Waals surface area contributed by atoms with Crippen LogP contribution in [0.4, 0.5) is 8.78 Å². The van der Waals surface area contributed by atoms with E-state index in [1.54, 1.807) is 54.8 Å². The molecule has 8 rings (SSSR count). The molecule has 3 aromatic heterocycles. The lowest BCUT2D eigenvalue weighted by molar-refractivity contribution is -0.155. The highest BCUT2D eigenvalue weighted by molar-refractivity contribution is 9.09. The molecule has 4 aliphatic heterocycles. The summed E-state index contributed by atoms with van der Waals surface area (Å²) in [6.45, 7) is 14.0. The summed E-state index contributed by atoms with van der Waals surface area (Å²) in [5.74, 6) is -0.110. The predicted octanol–water partition coefficient (Wildman–Crippen LogP) is 6.70. The maximum atomic E-state index is 15.4. The van der Waals surface area contributed by atoms with Gasteiger partial charge in [-0.05, 0) is 119 Å². The van der Waals surface area contributed by atoms with Gasteiger partial charge in [0.2, 0.25) is 5.91 Å². The number of allylic oxidation sites excluding steroid dienone is 1. The molecule has 21 heteroatoms. The molecule has 0 saturated carbocycles. The van der Waals surface area contributed by atoms with Crippen LogP contribution in [-0.4, -0.2) is 151 Å². The van der Waals surface area contributed by atoms with Crippen molar-refractivity contribution in [2.24, 2.45) is 11.3 Å². The molecule has 4 atom stereocenters. The average Bonchev–Trinajstić information content (AvgIpc) is 4.10. The van der Waals surface area contributed by atoms with Crippen molar-refractivity contribution in [1.29, 1.82) is 0 Å². The summed E-state index contributed by atoms with van der Waals surface area (Å²) in [5.41, 5.74) is 6.05. The van der Waals surface area contributed by atoms with Gasteiger partial charge >= 0.3 is 5.97 Å². The molecule has 4 amide bonds. The van der Waals surface area contributed by atoms with E-state index in [4.69, 9.17) is 19.4 Å². The number of esters is 1. The zero-order valence-corrected chi connectivity index (χ0v) is 46.6. The van der Waals surface area contributed by atoms with Gasteiger partial charge in [-0.15, -0.1) is 0 Å². The highest BCUT2D eigenvalue weighted by Crippen LogP contribution is 2.43. The first-order chi connectivity index (χ1) is 35.5. The van der Waals surface area contributed by atoms with Crippen LogP contribution in [0.3, 0.4) is 0 Å². The number of carbonyl (C=O) groups excluding carboxylic acids is 5. The van der Waals surface area contributed by atoms with Crippen LogP contribution < -0.4 is 10.7 Å². The molecule has 0 radical (unpaired) electrons. The highest BCUT2D eigenvalue weighted by Gasteiger charge is 2.40. The van der Waals surface area contributed by atoms with Crippen LogP contribution in [0.2, 0.25) is 0 Å². The van der Waals surface area contributed by atoms with Crippen molar-refractivity contribution in [2.45, 2.75) is 123 Å². The number of aromatic nitrogens is 4. The molecular formula is C54H67BrF2N10O7S. The first-order valence-electron chi connectivity index (χ1n) is 25.5. The van der Waals surface area contributed by atoms with E-state index in [9.17, 15) is 24.0 Å². The topological polar surface area (TPSA) is 184 Å². The summed E-state index contributed by atoms with van der Waals surface area (Å²) in [7, 11) is 3.08. The van der Waals surface area contributed by atoms with Gasteiger partial charge in [0.1, 0.15) is 34.7 Å². The Morgan fingerprint density at radius 2 is 1.85 bits per heavy atom. The fourth-order valence-electron chi connectivity index (χ4n) is 10.4. The Morgan fingerprint density at radius 3 is 2.53 bits per heavy atom. The smallest absolute Gasteiger partial charge is 0.324 e. The number of ether oxygens (including phenoxy) is 2. The van der Waals surface area contributed by atoms with Crippen molar-refractivity contribution < 1.29 is 42.2 Å². The number of hydrogen-bond donors (Lipinski definition) is 2. The number of likely N-dealkylation sites (tertiary alicyclic amines) is 2. The number of pyridine rings is 1. The molecule has 402 valence electrons. The quantitative estimate of drug-likeness (QED) is 0.0703. The van der Waals surface area contributed by atoms with Gasteiger partial charge in [-0.2, -0.15) is 4.37 Å². The summed E-state index contributed by atoms with van der Waals surface area (Å²) >= 11 is 4.64. The molecule has 3 saturated heterocycles. The van der Waals surface area contributed by atoms with Crippen LogP contribution in [0.1, 0.15) is 97.3 Å². The number of nitrogens with zero attached hydrogens (tertiary/aromatic N) is 8. The standard InChI is InChI=1S/C54H67BrF2N10O7S/c1-32(2)45(63(8)49(70)34-18-24-64(29-34)43(68)17-19-53(5,6)65-21-12-22-65)47(69)59-39-26-42-60-48(75-62-42)33-15-16-40-36(25-33)37(27-52(3,4)31-74-51(72)38-14-11-23-67(61-38)50(39)71)46(66(40)30-54(7,56)57)35-13-10-20-58-44(35)41(28-55)73-9/h10,13,15-16,20,25,34,38-39,41,61H,11-12,14,18,21-24,26-31H2,1-9H3,(H,59,69)/t34-,38-,39-,41-/m0/s1. The maximum absolute atomic E-state index is 15.4. The van der Waals surface area contributed by atoms with Crippen molar-refractivity contribution in [2.75, 3.05) is 58.8 Å². The van der Waals surface area contributed by atoms with Gasteiger partial charge in [0.25, 0.3) is 23.6 Å². The van der Waals surface area contributed by atoms with Crippen LogP contribution >= 0.6 is 27.5 Å². The maximum Gasteiger partial charge on any atom is 0.324 e. The molecule has 7 heterocycles. The Kier molecular flexibility index (Phi) is 16.7. The van der Waals surface area contributed by atoms with Crippen LogP contribution in [0, 0.1) is 23.2 Å². The van der Waals surface area contributed by atoms with E-state index in [2.05, 4.69) is 47.8 Å². The molecule has 0 aliphatic carbocycles. The number of methoxy groups -OCH3 is 1. The minimum Gasteiger partial charge on any atom is -0.464 e. The summed E-state index contributed by atoms with van der Waals surface area (Å²) < 4.78 is 49.0. The Bertz CT molecular complexity index is 2950. The van der Waals surface area contributed by atoms with Crippen LogP contribution in [-0.2, 0) is 52.8 Å². The Labute approximate surface area is 449 Å². The molecule has 4 aliphatic rings. The largest absolute Gasteiger partial charge is 0.464 e. The summed E-state index contributed by atoms with van der Waals surface area (Å²) in [4.78, 5) is 85.4. The molecule has 4 aromatic rings. The summed E-state index contributed by atoms with van der Waals surface area (Å²) in [5, 5.41) is 5.78. The van der Waals surface area contributed by atoms with E-state index in [1.807, 2.05) is 39.8 Å². The normalized spacial score (nSPS) is 20.8. The molecule has 17 nitrogen and oxygen atoms in total. The number of carbonyl (C=O) groups is 5. The fourth-order valence-corrected chi connectivity index (χ4v) is 11.6. The number of likely N-dealkylation sites (N-methyl/N-ethyl adjacent to an activating group) is 1. The second kappa shape index (κ2) is 22.5. The highest BCUT2D eigenvalue weighted by atomic mass is 79.9. The van der Waals surface area contributed by atoms with Crippen molar-refractivity contribution in [1.82, 2.24) is 49.4 Å². The number of cyclic esters (lactones) is 1. The van der Waals surface area contributed by atoms with E-state index in [0.717, 1.165) is 43.5 Å². The number of alkyl halides is 3. The lowest BCUT2D eigenvalue weighted by Crippen LogP contribution is -2.61. The number of benzene rings is 1. The molecule has 3 fully saturated rings. The molecular weight excluding hydrogens is 1050 g/mol. The van der Waals surface area contributed by atoms with Crippen LogP contribution in [0.15, 0.2) is 47.8 Å². The number of fused-ring (bicyclic) bond motifs is 6. The number of nitrogens with one attached hydrogen (secondary N) is 2. The number of halogens is 3. The Balaban J connectivity index is 1.13. The average molecular weight is 1120 g/mol. The van der Waals surface area contributed by atoms with Gasteiger partial charge in [0, 0.05) is 99.2 Å². The van der Waals surface area contributed by atoms with Gasteiger partial charge in [0.05, 0.1) is 36.0 Å². The molecule has 6 bridgehead atoms. The number of amides is 4. The second-order valence-electron chi connectivity index (χ2n) is 21.7. The number of hydrazine groups is 1. The molecule has 0 unspecified atom stereocenters. The number of rotatable bonds is 11. The number of hydrogen-bond acceptors (Lipinski definition) is 13. The van der Waals surface area contributed by atoms with Crippen molar-refractivity contribution in [3.8, 4) is 33.7 Å². The molecule has 0 spiro atoms. The van der Waals surface area contributed by atoms with Crippen molar-refractivity contribution >= 4 is 68.0 Å².